The Morgan fingerprint density at radius 3 is 1.81 bits per heavy atom. The van der Waals surface area contributed by atoms with E-state index in [1.165, 1.54) is 6.08 Å². The van der Waals surface area contributed by atoms with Crippen molar-refractivity contribution >= 4 is 18.2 Å². The van der Waals surface area contributed by atoms with Gasteiger partial charge < -0.3 is 14.2 Å². The van der Waals surface area contributed by atoms with Crippen molar-refractivity contribution in [1.29, 1.82) is 0 Å². The van der Waals surface area contributed by atoms with Crippen molar-refractivity contribution in [3.63, 3.8) is 0 Å². The first-order valence-corrected chi connectivity index (χ1v) is 8.31. The van der Waals surface area contributed by atoms with Gasteiger partial charge in [-0.3, -0.25) is 10.1 Å². The van der Waals surface area contributed by atoms with Crippen molar-refractivity contribution in [3.8, 4) is 0 Å². The zero-order valence-electron chi connectivity index (χ0n) is 16.8. The molecule has 0 aliphatic carbocycles. The first kappa shape index (κ1) is 24.4. The van der Waals surface area contributed by atoms with Crippen LogP contribution in [0.3, 0.4) is 0 Å². The molecular weight excluding hydrogens is 360 g/mol. The molecular formula is C17H28N2O8. The topological polar surface area (TPSA) is 125 Å². The molecule has 154 valence electrons. The second-order valence-electron chi connectivity index (χ2n) is 7.62. The summed E-state index contributed by atoms with van der Waals surface area (Å²) >= 11 is 0. The van der Waals surface area contributed by atoms with Gasteiger partial charge in [0.1, 0.15) is 17.2 Å². The number of imide groups is 1. The number of nitrogens with zero attached hydrogens (tertiary/aromatic N) is 2. The number of carbonyl (C=O) groups is 3. The van der Waals surface area contributed by atoms with Crippen LogP contribution in [0.25, 0.3) is 0 Å². The summed E-state index contributed by atoms with van der Waals surface area (Å²) in [6.45, 7) is 9.61. The molecule has 0 rings (SSSR count). The maximum Gasteiger partial charge on any atom is 0.420 e. The summed E-state index contributed by atoms with van der Waals surface area (Å²) in [6, 6.07) is -1.36. The molecule has 0 aliphatic heterocycles. The highest BCUT2D eigenvalue weighted by Crippen LogP contribution is 2.20. The average Bonchev–Trinajstić information content (AvgIpc) is 2.45. The standard InChI is InChI=1S/C17H28N2O8/c1-16(2,3)26-14(21)19(15(22)27-17(4,5)6)12(13(20)25-7)10-8-9-11-18(23)24/h9,11-12H,8,10H2,1-7H3/t12-/m0/s1. The quantitative estimate of drug-likeness (QED) is 0.294. The van der Waals surface area contributed by atoms with Crippen molar-refractivity contribution in [2.75, 3.05) is 7.11 Å². The monoisotopic (exact) mass is 388 g/mol. The average molecular weight is 388 g/mol. The molecule has 0 aromatic rings. The van der Waals surface area contributed by atoms with Crippen molar-refractivity contribution in [1.82, 2.24) is 4.90 Å². The molecule has 0 aromatic heterocycles. The Hall–Kier alpha value is -2.65. The van der Waals surface area contributed by atoms with E-state index in [9.17, 15) is 24.5 Å². The smallest absolute Gasteiger partial charge is 0.420 e. The van der Waals surface area contributed by atoms with E-state index < -0.39 is 40.3 Å². The molecule has 10 heteroatoms. The third-order valence-corrected chi connectivity index (χ3v) is 2.80. The van der Waals surface area contributed by atoms with Gasteiger partial charge in [-0.25, -0.2) is 14.4 Å². The van der Waals surface area contributed by atoms with E-state index in [1.807, 2.05) is 0 Å². The van der Waals surface area contributed by atoms with Gasteiger partial charge in [0.05, 0.1) is 12.0 Å². The largest absolute Gasteiger partial charge is 0.467 e. The molecule has 1 atom stereocenters. The van der Waals surface area contributed by atoms with Crippen LogP contribution >= 0.6 is 0 Å². The summed E-state index contributed by atoms with van der Waals surface area (Å²) in [5.74, 6) is -0.874. The molecule has 0 saturated heterocycles. The highest BCUT2D eigenvalue weighted by atomic mass is 16.6. The van der Waals surface area contributed by atoms with Crippen molar-refractivity contribution in [2.24, 2.45) is 0 Å². The predicted molar refractivity (Wildman–Crippen MR) is 95.5 cm³/mol. The number of methoxy groups -OCH3 is 1. The lowest BCUT2D eigenvalue weighted by Crippen LogP contribution is -2.52. The Morgan fingerprint density at radius 1 is 1.04 bits per heavy atom. The molecule has 0 fully saturated rings. The summed E-state index contributed by atoms with van der Waals surface area (Å²) in [7, 11) is 1.10. The number of carbonyl (C=O) groups excluding carboxylic acids is 3. The van der Waals surface area contributed by atoms with E-state index in [0.29, 0.717) is 11.1 Å². The fourth-order valence-electron chi connectivity index (χ4n) is 1.85. The highest BCUT2D eigenvalue weighted by Gasteiger charge is 2.40. The van der Waals surface area contributed by atoms with E-state index in [4.69, 9.17) is 9.47 Å². The maximum absolute atomic E-state index is 12.6. The van der Waals surface area contributed by atoms with Crippen molar-refractivity contribution in [3.05, 3.63) is 22.4 Å². The Kier molecular flexibility index (Phi) is 8.92. The van der Waals surface area contributed by atoms with Crippen molar-refractivity contribution < 1.29 is 33.5 Å². The van der Waals surface area contributed by atoms with E-state index in [0.717, 1.165) is 7.11 Å². The third-order valence-electron chi connectivity index (χ3n) is 2.80. The van der Waals surface area contributed by atoms with Crippen LogP contribution in [0.15, 0.2) is 12.3 Å². The lowest BCUT2D eigenvalue weighted by atomic mass is 10.1. The predicted octanol–water partition coefficient (Wildman–Crippen LogP) is 3.27. The summed E-state index contributed by atoms with van der Waals surface area (Å²) in [5.41, 5.74) is -1.85. The third kappa shape index (κ3) is 10.2. The van der Waals surface area contributed by atoms with Crippen LogP contribution in [0.1, 0.15) is 54.4 Å². The van der Waals surface area contributed by atoms with Crippen LogP contribution in [-0.2, 0) is 19.0 Å². The van der Waals surface area contributed by atoms with Crippen LogP contribution in [0.2, 0.25) is 0 Å². The van der Waals surface area contributed by atoms with Gasteiger partial charge in [0.15, 0.2) is 0 Å². The van der Waals surface area contributed by atoms with Gasteiger partial charge in [0, 0.05) is 0 Å². The van der Waals surface area contributed by atoms with Crippen LogP contribution in [-0.4, -0.2) is 52.3 Å². The molecule has 0 bridgehead atoms. The number of esters is 1. The normalized spacial score (nSPS) is 13.0. The Morgan fingerprint density at radius 2 is 1.48 bits per heavy atom. The molecule has 2 amide bonds. The van der Waals surface area contributed by atoms with Crippen LogP contribution in [0, 0.1) is 10.1 Å². The van der Waals surface area contributed by atoms with E-state index in [1.54, 1.807) is 41.5 Å². The number of hydrogen-bond donors (Lipinski definition) is 0. The lowest BCUT2D eigenvalue weighted by molar-refractivity contribution is -0.402. The van der Waals surface area contributed by atoms with Gasteiger partial charge in [-0.1, -0.05) is 0 Å². The fourth-order valence-corrected chi connectivity index (χ4v) is 1.85. The Bertz CT molecular complexity index is 559. The van der Waals surface area contributed by atoms with E-state index >= 15 is 0 Å². The zero-order valence-corrected chi connectivity index (χ0v) is 16.8. The minimum atomic E-state index is -1.36. The van der Waals surface area contributed by atoms with Gasteiger partial charge in [-0.2, -0.15) is 4.90 Å². The maximum atomic E-state index is 12.6. The van der Waals surface area contributed by atoms with Gasteiger partial charge in [-0.05, 0) is 60.5 Å². The number of ether oxygens (including phenoxy) is 3. The molecule has 10 nitrogen and oxygen atoms in total. The summed E-state index contributed by atoms with van der Waals surface area (Å²) < 4.78 is 15.1. The molecule has 0 heterocycles. The van der Waals surface area contributed by atoms with Crippen molar-refractivity contribution in [2.45, 2.75) is 71.6 Å². The molecule has 27 heavy (non-hydrogen) atoms. The number of nitro groups is 1. The Balaban J connectivity index is 5.73. The molecule has 0 saturated carbocycles. The van der Waals surface area contributed by atoms with Crippen LogP contribution in [0.4, 0.5) is 9.59 Å². The molecule has 0 spiro atoms. The second kappa shape index (κ2) is 9.89. The Labute approximate surface area is 158 Å². The number of hydrogen-bond acceptors (Lipinski definition) is 8. The van der Waals surface area contributed by atoms with Crippen LogP contribution in [0.5, 0.6) is 0 Å². The van der Waals surface area contributed by atoms with E-state index in [-0.39, 0.29) is 12.8 Å². The molecule has 0 aliphatic rings. The lowest BCUT2D eigenvalue weighted by Gasteiger charge is -2.32. The molecule has 0 aromatic carbocycles. The molecule has 0 unspecified atom stereocenters. The number of amides is 2. The zero-order chi connectivity index (χ0) is 21.4. The fraction of sp³-hybridized carbons (Fsp3) is 0.706. The first-order chi connectivity index (χ1) is 12.2. The van der Waals surface area contributed by atoms with Gasteiger partial charge in [0.25, 0.3) is 0 Å². The molecule has 0 radical (unpaired) electrons. The summed E-state index contributed by atoms with van der Waals surface area (Å²) in [4.78, 5) is 47.5. The van der Waals surface area contributed by atoms with E-state index in [2.05, 4.69) is 4.74 Å². The summed E-state index contributed by atoms with van der Waals surface area (Å²) in [6.07, 6.45) is -0.299. The first-order valence-electron chi connectivity index (χ1n) is 8.31. The number of allylic oxidation sites excluding steroid dienone is 1. The number of rotatable bonds is 6. The second-order valence-corrected chi connectivity index (χ2v) is 7.62. The van der Waals surface area contributed by atoms with Gasteiger partial charge in [0.2, 0.25) is 6.20 Å². The highest BCUT2D eigenvalue weighted by molar-refractivity contribution is 5.94. The minimum absolute atomic E-state index is 0.0445. The van der Waals surface area contributed by atoms with Gasteiger partial charge in [-0.15, -0.1) is 0 Å². The minimum Gasteiger partial charge on any atom is -0.467 e. The van der Waals surface area contributed by atoms with Crippen LogP contribution < -0.4 is 0 Å². The van der Waals surface area contributed by atoms with Gasteiger partial charge >= 0.3 is 18.2 Å². The summed E-state index contributed by atoms with van der Waals surface area (Å²) in [5, 5.41) is 10.4. The SMILES string of the molecule is COC(=O)[C@H](CCC=C[N+](=O)[O-])N(C(=O)OC(C)(C)C)C(=O)OC(C)(C)C. The molecule has 0 N–H and O–H groups in total.